The molecule has 0 aliphatic rings. The molecule has 3 N–H and O–H groups in total. The molecular weight excluding hydrogens is 180 g/mol. The van der Waals surface area contributed by atoms with Gasteiger partial charge in [0, 0.05) is 12.6 Å². The van der Waals surface area contributed by atoms with Crippen LogP contribution in [0.5, 0.6) is 0 Å². The van der Waals surface area contributed by atoms with E-state index in [2.05, 4.69) is 10.6 Å². The molecule has 0 spiro atoms. The Morgan fingerprint density at radius 2 is 1.93 bits per heavy atom. The zero-order valence-corrected chi connectivity index (χ0v) is 9.50. The summed E-state index contributed by atoms with van der Waals surface area (Å²) in [4.78, 5) is 11.4. The predicted molar refractivity (Wildman–Crippen MR) is 57.0 cm³/mol. The number of hydrogen-bond acceptors (Lipinski definition) is 3. The molecule has 0 aromatic heterocycles. The van der Waals surface area contributed by atoms with Crippen LogP contribution in [0.1, 0.15) is 34.1 Å². The summed E-state index contributed by atoms with van der Waals surface area (Å²) < 4.78 is 0. The summed E-state index contributed by atoms with van der Waals surface area (Å²) in [6, 6.07) is -0.0959. The monoisotopic (exact) mass is 202 g/mol. The summed E-state index contributed by atoms with van der Waals surface area (Å²) in [6.07, 6.45) is 0.329. The number of amides is 1. The first kappa shape index (κ1) is 13.4. The van der Waals surface area contributed by atoms with E-state index in [9.17, 15) is 9.90 Å². The maximum Gasteiger partial charge on any atom is 0.237 e. The van der Waals surface area contributed by atoms with E-state index >= 15 is 0 Å². The van der Waals surface area contributed by atoms with Crippen molar-refractivity contribution in [2.75, 3.05) is 6.54 Å². The molecule has 0 fully saturated rings. The molecule has 4 heteroatoms. The fourth-order valence-electron chi connectivity index (χ4n) is 0.959. The quantitative estimate of drug-likeness (QED) is 0.579. The van der Waals surface area contributed by atoms with E-state index in [0.29, 0.717) is 13.0 Å². The first-order valence-corrected chi connectivity index (χ1v) is 5.19. The van der Waals surface area contributed by atoms with Crippen LogP contribution in [0.4, 0.5) is 0 Å². The van der Waals surface area contributed by atoms with E-state index in [1.807, 2.05) is 20.8 Å². The van der Waals surface area contributed by atoms with Gasteiger partial charge in [0.15, 0.2) is 0 Å². The van der Waals surface area contributed by atoms with Crippen molar-refractivity contribution in [3.63, 3.8) is 0 Å². The summed E-state index contributed by atoms with van der Waals surface area (Å²) >= 11 is 0. The SMILES string of the molecule is CCC(O)CNC(C)C(=O)NC(C)C. The summed E-state index contributed by atoms with van der Waals surface area (Å²) in [6.45, 7) is 8.01. The molecule has 0 rings (SSSR count). The van der Waals surface area contributed by atoms with Crippen molar-refractivity contribution < 1.29 is 9.90 Å². The van der Waals surface area contributed by atoms with Gasteiger partial charge in [-0.3, -0.25) is 4.79 Å². The predicted octanol–water partition coefficient (Wildman–Crippen LogP) is 0.260. The zero-order valence-electron chi connectivity index (χ0n) is 9.50. The number of carbonyl (C=O) groups is 1. The van der Waals surface area contributed by atoms with Crippen LogP contribution in [0.3, 0.4) is 0 Å². The Morgan fingerprint density at radius 3 is 2.36 bits per heavy atom. The molecule has 0 aromatic rings. The van der Waals surface area contributed by atoms with Crippen molar-refractivity contribution in [2.24, 2.45) is 0 Å². The Hall–Kier alpha value is -0.610. The highest BCUT2D eigenvalue weighted by Crippen LogP contribution is 1.90. The van der Waals surface area contributed by atoms with Crippen LogP contribution < -0.4 is 10.6 Å². The van der Waals surface area contributed by atoms with E-state index in [1.165, 1.54) is 0 Å². The first-order valence-electron chi connectivity index (χ1n) is 5.19. The van der Waals surface area contributed by atoms with Crippen molar-refractivity contribution in [3.8, 4) is 0 Å². The highest BCUT2D eigenvalue weighted by Gasteiger charge is 2.13. The van der Waals surface area contributed by atoms with Crippen LogP contribution in [-0.4, -0.2) is 35.7 Å². The van der Waals surface area contributed by atoms with E-state index < -0.39 is 0 Å². The van der Waals surface area contributed by atoms with E-state index in [1.54, 1.807) is 6.92 Å². The molecule has 0 saturated carbocycles. The van der Waals surface area contributed by atoms with Crippen LogP contribution in [0.2, 0.25) is 0 Å². The Balaban J connectivity index is 3.72. The Bertz CT molecular complexity index is 172. The lowest BCUT2D eigenvalue weighted by Gasteiger charge is -2.17. The van der Waals surface area contributed by atoms with Gasteiger partial charge in [-0.2, -0.15) is 0 Å². The maximum atomic E-state index is 11.4. The molecule has 2 atom stereocenters. The lowest BCUT2D eigenvalue weighted by molar-refractivity contribution is -0.123. The van der Waals surface area contributed by atoms with Crippen molar-refractivity contribution >= 4 is 5.91 Å². The molecule has 0 saturated heterocycles. The van der Waals surface area contributed by atoms with Gasteiger partial charge in [-0.1, -0.05) is 6.92 Å². The van der Waals surface area contributed by atoms with Crippen LogP contribution in [0.15, 0.2) is 0 Å². The second-order valence-corrected chi connectivity index (χ2v) is 3.86. The summed E-state index contributed by atoms with van der Waals surface area (Å²) in [5.41, 5.74) is 0. The molecule has 0 bridgehead atoms. The van der Waals surface area contributed by atoms with E-state index in [0.717, 1.165) is 0 Å². The Morgan fingerprint density at radius 1 is 1.36 bits per heavy atom. The smallest absolute Gasteiger partial charge is 0.237 e. The van der Waals surface area contributed by atoms with Crippen molar-refractivity contribution in [2.45, 2.75) is 52.3 Å². The van der Waals surface area contributed by atoms with Gasteiger partial charge in [-0.15, -0.1) is 0 Å². The second kappa shape index (κ2) is 6.79. The fraction of sp³-hybridized carbons (Fsp3) is 0.900. The minimum absolute atomic E-state index is 0.0247. The van der Waals surface area contributed by atoms with Gasteiger partial charge < -0.3 is 15.7 Å². The molecular formula is C10H22N2O2. The maximum absolute atomic E-state index is 11.4. The lowest BCUT2D eigenvalue weighted by Crippen LogP contribution is -2.46. The lowest BCUT2D eigenvalue weighted by atomic mass is 10.2. The average Bonchev–Trinajstić information content (AvgIpc) is 2.12. The van der Waals surface area contributed by atoms with Crippen molar-refractivity contribution in [1.29, 1.82) is 0 Å². The standard InChI is InChI=1S/C10H22N2O2/c1-5-9(13)6-11-8(4)10(14)12-7(2)3/h7-9,11,13H,5-6H2,1-4H3,(H,12,14). The molecule has 0 aliphatic carbocycles. The summed E-state index contributed by atoms with van der Waals surface area (Å²) in [7, 11) is 0. The molecule has 0 aliphatic heterocycles. The largest absolute Gasteiger partial charge is 0.392 e. The van der Waals surface area contributed by atoms with Crippen molar-refractivity contribution in [1.82, 2.24) is 10.6 Å². The first-order chi connectivity index (χ1) is 6.47. The van der Waals surface area contributed by atoms with Crippen LogP contribution >= 0.6 is 0 Å². The van der Waals surface area contributed by atoms with E-state index in [4.69, 9.17) is 0 Å². The van der Waals surface area contributed by atoms with Gasteiger partial charge >= 0.3 is 0 Å². The van der Waals surface area contributed by atoms with Gasteiger partial charge in [-0.05, 0) is 27.2 Å². The van der Waals surface area contributed by atoms with Gasteiger partial charge in [0.1, 0.15) is 0 Å². The molecule has 1 amide bonds. The molecule has 0 heterocycles. The molecule has 2 unspecified atom stereocenters. The summed E-state index contributed by atoms with van der Waals surface area (Å²) in [5, 5.41) is 15.1. The van der Waals surface area contributed by atoms with Crippen LogP contribution in [-0.2, 0) is 4.79 Å². The number of hydrogen-bond donors (Lipinski definition) is 3. The molecule has 4 nitrogen and oxygen atoms in total. The number of aliphatic hydroxyl groups excluding tert-OH is 1. The van der Waals surface area contributed by atoms with Gasteiger partial charge in [-0.25, -0.2) is 0 Å². The normalized spacial score (nSPS) is 15.3. The van der Waals surface area contributed by atoms with Gasteiger partial charge in [0.05, 0.1) is 12.1 Å². The third-order valence-corrected chi connectivity index (χ3v) is 1.96. The second-order valence-electron chi connectivity index (χ2n) is 3.86. The average molecular weight is 202 g/mol. The highest BCUT2D eigenvalue weighted by atomic mass is 16.3. The molecule has 14 heavy (non-hydrogen) atoms. The Labute approximate surface area is 86.1 Å². The zero-order chi connectivity index (χ0) is 11.1. The topological polar surface area (TPSA) is 61.4 Å². The number of aliphatic hydroxyl groups is 1. The minimum Gasteiger partial charge on any atom is -0.392 e. The third-order valence-electron chi connectivity index (χ3n) is 1.96. The fourth-order valence-corrected chi connectivity index (χ4v) is 0.959. The van der Waals surface area contributed by atoms with Crippen molar-refractivity contribution in [3.05, 3.63) is 0 Å². The minimum atomic E-state index is -0.371. The molecule has 0 aromatic carbocycles. The van der Waals surface area contributed by atoms with Gasteiger partial charge in [0.2, 0.25) is 5.91 Å². The highest BCUT2D eigenvalue weighted by molar-refractivity contribution is 5.81. The Kier molecular flexibility index (Phi) is 6.49. The summed E-state index contributed by atoms with van der Waals surface area (Å²) in [5.74, 6) is -0.0247. The van der Waals surface area contributed by atoms with Crippen LogP contribution in [0.25, 0.3) is 0 Å². The van der Waals surface area contributed by atoms with Crippen LogP contribution in [0, 0.1) is 0 Å². The third kappa shape index (κ3) is 5.94. The van der Waals surface area contributed by atoms with Gasteiger partial charge in [0.25, 0.3) is 0 Å². The molecule has 0 radical (unpaired) electrons. The number of nitrogens with one attached hydrogen (secondary N) is 2. The van der Waals surface area contributed by atoms with E-state index in [-0.39, 0.29) is 24.1 Å². The molecule has 84 valence electrons. The number of carbonyl (C=O) groups excluding carboxylic acids is 1. The number of rotatable bonds is 6.